The largest absolute Gasteiger partial charge is 0.486 e. The number of benzene rings is 1. The lowest BCUT2D eigenvalue weighted by molar-refractivity contribution is 0.172. The fourth-order valence-corrected chi connectivity index (χ4v) is 2.81. The van der Waals surface area contributed by atoms with Gasteiger partial charge in [-0.1, -0.05) is 0 Å². The predicted octanol–water partition coefficient (Wildman–Crippen LogP) is 3.52. The molecule has 4 rings (SSSR count). The third kappa shape index (κ3) is 1.81. The SMILES string of the molecule is Cc1oc(C)c(-c2nc3cc4c(cc3[nH]2)OCCO4)c1C. The summed E-state index contributed by atoms with van der Waals surface area (Å²) in [5.41, 5.74) is 3.95. The smallest absolute Gasteiger partial charge is 0.163 e. The van der Waals surface area contributed by atoms with Crippen molar-refractivity contribution in [2.45, 2.75) is 20.8 Å². The lowest BCUT2D eigenvalue weighted by Crippen LogP contribution is -2.15. The lowest BCUT2D eigenvalue weighted by atomic mass is 10.1. The quantitative estimate of drug-likeness (QED) is 0.742. The van der Waals surface area contributed by atoms with Gasteiger partial charge >= 0.3 is 0 Å². The number of aromatic nitrogens is 2. The first-order valence-electron chi connectivity index (χ1n) is 7.00. The van der Waals surface area contributed by atoms with E-state index >= 15 is 0 Å². The zero-order valence-electron chi connectivity index (χ0n) is 12.2. The van der Waals surface area contributed by atoms with Crippen LogP contribution < -0.4 is 9.47 Å². The van der Waals surface area contributed by atoms with Gasteiger partial charge in [-0.25, -0.2) is 4.98 Å². The summed E-state index contributed by atoms with van der Waals surface area (Å²) in [5, 5.41) is 0. The molecule has 5 nitrogen and oxygen atoms in total. The normalized spacial score (nSPS) is 13.9. The Bertz CT molecular complexity index is 802. The molecule has 0 spiro atoms. The molecule has 0 radical (unpaired) electrons. The van der Waals surface area contributed by atoms with Crippen molar-refractivity contribution in [2.75, 3.05) is 13.2 Å². The highest BCUT2D eigenvalue weighted by molar-refractivity contribution is 5.84. The summed E-state index contributed by atoms with van der Waals surface area (Å²) in [6, 6.07) is 3.86. The summed E-state index contributed by atoms with van der Waals surface area (Å²) in [4.78, 5) is 8.03. The topological polar surface area (TPSA) is 60.3 Å². The van der Waals surface area contributed by atoms with E-state index in [4.69, 9.17) is 13.9 Å². The van der Waals surface area contributed by atoms with E-state index in [-0.39, 0.29) is 0 Å². The Morgan fingerprint density at radius 2 is 1.71 bits per heavy atom. The Hall–Kier alpha value is -2.43. The van der Waals surface area contributed by atoms with Gasteiger partial charge in [-0.3, -0.25) is 0 Å². The molecule has 0 bridgehead atoms. The third-order valence-corrected chi connectivity index (χ3v) is 3.94. The number of hydrogen-bond donors (Lipinski definition) is 1. The Labute approximate surface area is 121 Å². The number of H-pyrrole nitrogens is 1. The maximum absolute atomic E-state index is 5.69. The van der Waals surface area contributed by atoms with E-state index in [0.29, 0.717) is 13.2 Å². The minimum absolute atomic E-state index is 0.578. The molecule has 5 heteroatoms. The number of hydrogen-bond acceptors (Lipinski definition) is 4. The van der Waals surface area contributed by atoms with Crippen LogP contribution in [0.3, 0.4) is 0 Å². The van der Waals surface area contributed by atoms with E-state index in [1.807, 2.05) is 32.9 Å². The average Bonchev–Trinajstić information content (AvgIpc) is 2.96. The molecule has 3 heterocycles. The summed E-state index contributed by atoms with van der Waals surface area (Å²) in [7, 11) is 0. The minimum Gasteiger partial charge on any atom is -0.486 e. The molecule has 0 amide bonds. The molecule has 1 N–H and O–H groups in total. The van der Waals surface area contributed by atoms with Gasteiger partial charge in [-0.15, -0.1) is 0 Å². The summed E-state index contributed by atoms with van der Waals surface area (Å²) >= 11 is 0. The number of nitrogens with one attached hydrogen (secondary N) is 1. The van der Waals surface area contributed by atoms with E-state index in [1.165, 1.54) is 0 Å². The van der Waals surface area contributed by atoms with Crippen LogP contribution in [0.2, 0.25) is 0 Å². The second kappa shape index (κ2) is 4.28. The van der Waals surface area contributed by atoms with Crippen LogP contribution in [0.1, 0.15) is 17.1 Å². The highest BCUT2D eigenvalue weighted by atomic mass is 16.6. The van der Waals surface area contributed by atoms with Gasteiger partial charge < -0.3 is 18.9 Å². The van der Waals surface area contributed by atoms with Crippen LogP contribution in [-0.4, -0.2) is 23.2 Å². The summed E-state index contributed by atoms with van der Waals surface area (Å²) in [6.45, 7) is 7.13. The molecule has 1 aromatic carbocycles. The molecule has 0 atom stereocenters. The molecule has 0 saturated carbocycles. The first-order chi connectivity index (χ1) is 10.1. The first kappa shape index (κ1) is 12.3. The molecule has 21 heavy (non-hydrogen) atoms. The van der Waals surface area contributed by atoms with Crippen LogP contribution in [0, 0.1) is 20.8 Å². The first-order valence-corrected chi connectivity index (χ1v) is 7.00. The van der Waals surface area contributed by atoms with Crippen LogP contribution in [0.5, 0.6) is 11.5 Å². The van der Waals surface area contributed by atoms with Gasteiger partial charge in [0.2, 0.25) is 0 Å². The van der Waals surface area contributed by atoms with Crippen molar-refractivity contribution in [3.05, 3.63) is 29.2 Å². The molecule has 0 aliphatic carbocycles. The van der Waals surface area contributed by atoms with Gasteiger partial charge in [-0.05, 0) is 20.8 Å². The highest BCUT2D eigenvalue weighted by Crippen LogP contribution is 2.36. The van der Waals surface area contributed by atoms with Crippen molar-refractivity contribution < 1.29 is 13.9 Å². The standard InChI is InChI=1S/C16H16N2O3/c1-8-9(2)21-10(3)15(8)16-17-11-6-13-14(7-12(11)18-16)20-5-4-19-13/h6-7H,4-5H2,1-3H3,(H,17,18). The Balaban J connectivity index is 1.91. The molecule has 0 unspecified atom stereocenters. The van der Waals surface area contributed by atoms with Gasteiger partial charge in [0, 0.05) is 17.7 Å². The Kier molecular flexibility index (Phi) is 2.51. The number of furan rings is 1. The van der Waals surface area contributed by atoms with E-state index in [1.54, 1.807) is 0 Å². The van der Waals surface area contributed by atoms with E-state index in [2.05, 4.69) is 9.97 Å². The van der Waals surface area contributed by atoms with Crippen molar-refractivity contribution in [1.29, 1.82) is 0 Å². The minimum atomic E-state index is 0.578. The number of ether oxygens (including phenoxy) is 2. The van der Waals surface area contributed by atoms with E-state index in [0.717, 1.165) is 51.0 Å². The zero-order chi connectivity index (χ0) is 14.6. The third-order valence-electron chi connectivity index (χ3n) is 3.94. The van der Waals surface area contributed by atoms with E-state index < -0.39 is 0 Å². The second-order valence-corrected chi connectivity index (χ2v) is 5.31. The van der Waals surface area contributed by atoms with Crippen molar-refractivity contribution in [2.24, 2.45) is 0 Å². The number of rotatable bonds is 1. The second-order valence-electron chi connectivity index (χ2n) is 5.31. The summed E-state index contributed by atoms with van der Waals surface area (Å²) in [5.74, 6) is 4.14. The summed E-state index contributed by atoms with van der Waals surface area (Å²) in [6.07, 6.45) is 0. The van der Waals surface area contributed by atoms with Crippen molar-refractivity contribution >= 4 is 11.0 Å². The molecular formula is C16H16N2O3. The van der Waals surface area contributed by atoms with Crippen LogP contribution in [-0.2, 0) is 0 Å². The van der Waals surface area contributed by atoms with E-state index in [9.17, 15) is 0 Å². The molecule has 0 saturated heterocycles. The number of fused-ring (bicyclic) bond motifs is 2. The maximum atomic E-state index is 5.69. The van der Waals surface area contributed by atoms with Crippen LogP contribution >= 0.6 is 0 Å². The van der Waals surface area contributed by atoms with Crippen molar-refractivity contribution in [3.8, 4) is 22.9 Å². The molecular weight excluding hydrogens is 268 g/mol. The van der Waals surface area contributed by atoms with Gasteiger partial charge in [0.1, 0.15) is 30.6 Å². The fourth-order valence-electron chi connectivity index (χ4n) is 2.81. The van der Waals surface area contributed by atoms with Crippen molar-refractivity contribution in [1.82, 2.24) is 9.97 Å². The number of imidazole rings is 1. The highest BCUT2D eigenvalue weighted by Gasteiger charge is 2.19. The van der Waals surface area contributed by atoms with Crippen LogP contribution in [0.4, 0.5) is 0 Å². The number of aryl methyl sites for hydroxylation is 2. The summed E-state index contributed by atoms with van der Waals surface area (Å²) < 4.78 is 16.9. The van der Waals surface area contributed by atoms with Gasteiger partial charge in [0.05, 0.1) is 16.6 Å². The molecule has 1 aliphatic rings. The lowest BCUT2D eigenvalue weighted by Gasteiger charge is -2.17. The molecule has 2 aromatic heterocycles. The maximum Gasteiger partial charge on any atom is 0.163 e. The molecule has 0 fully saturated rings. The number of aromatic amines is 1. The fraction of sp³-hybridized carbons (Fsp3) is 0.312. The molecule has 1 aliphatic heterocycles. The molecule has 108 valence electrons. The monoisotopic (exact) mass is 284 g/mol. The Morgan fingerprint density at radius 1 is 1.00 bits per heavy atom. The van der Waals surface area contributed by atoms with Crippen molar-refractivity contribution in [3.63, 3.8) is 0 Å². The van der Waals surface area contributed by atoms with Gasteiger partial charge in [0.25, 0.3) is 0 Å². The Morgan fingerprint density at radius 3 is 2.38 bits per heavy atom. The zero-order valence-corrected chi connectivity index (χ0v) is 12.2. The average molecular weight is 284 g/mol. The van der Waals surface area contributed by atoms with Crippen LogP contribution in [0.25, 0.3) is 22.4 Å². The van der Waals surface area contributed by atoms with Gasteiger partial charge in [-0.2, -0.15) is 0 Å². The van der Waals surface area contributed by atoms with Crippen LogP contribution in [0.15, 0.2) is 16.5 Å². The number of nitrogens with zero attached hydrogens (tertiary/aromatic N) is 1. The van der Waals surface area contributed by atoms with Gasteiger partial charge in [0.15, 0.2) is 11.5 Å². The predicted molar refractivity (Wildman–Crippen MR) is 79.0 cm³/mol. The molecule has 3 aromatic rings.